The first-order valence-corrected chi connectivity index (χ1v) is 8.97. The van der Waals surface area contributed by atoms with E-state index in [1.165, 1.54) is 37.4 Å². The summed E-state index contributed by atoms with van der Waals surface area (Å²) >= 11 is 0. The highest BCUT2D eigenvalue weighted by atomic mass is 28.3. The Hall–Kier alpha value is -0.563. The van der Waals surface area contributed by atoms with Crippen LogP contribution in [0, 0.1) is 0 Å². The topological polar surface area (TPSA) is 0 Å². The Morgan fingerprint density at radius 2 is 1.14 bits per heavy atom. The minimum Gasteiger partial charge on any atom is -0.0691 e. The Balaban J connectivity index is 2.14. The molecule has 1 heteroatoms. The van der Waals surface area contributed by atoms with E-state index in [1.54, 1.807) is 16.7 Å². The van der Waals surface area contributed by atoms with Crippen LogP contribution in [-0.2, 0) is 19.3 Å². The van der Waals surface area contributed by atoms with E-state index in [1.807, 2.05) is 0 Å². The predicted octanol–water partition coefficient (Wildman–Crippen LogP) is 3.42. The van der Waals surface area contributed by atoms with Gasteiger partial charge in [-0.2, -0.15) is 0 Å². The van der Waals surface area contributed by atoms with Gasteiger partial charge in [-0.3, -0.25) is 0 Å². The summed E-state index contributed by atoms with van der Waals surface area (Å²) in [5.41, 5.74) is 4.86. The van der Waals surface area contributed by atoms with Crippen molar-refractivity contribution in [3.8, 4) is 0 Å². The third-order valence-electron chi connectivity index (χ3n) is 4.16. The zero-order valence-corrected chi connectivity index (χ0v) is 9.97. The summed E-state index contributed by atoms with van der Waals surface area (Å²) in [6, 6.07) is 12.0. The molecule has 0 aromatic heterocycles. The molecule has 0 N–H and O–H groups in total. The van der Waals surface area contributed by atoms with E-state index in [2.05, 4.69) is 24.7 Å². The molecular weight excluding hydrogens is 184 g/mol. The lowest BCUT2D eigenvalue weighted by Gasteiger charge is -2.32. The molecule has 4 rings (SSSR count). The predicted molar refractivity (Wildman–Crippen MR) is 63.6 cm³/mol. The van der Waals surface area contributed by atoms with Gasteiger partial charge in [0.2, 0.25) is 0 Å². The summed E-state index contributed by atoms with van der Waals surface area (Å²) in [7, 11) is -0.844. The smallest absolute Gasteiger partial charge is 0.0514 e. The van der Waals surface area contributed by atoms with Gasteiger partial charge in [-0.05, 0) is 36.0 Å². The van der Waals surface area contributed by atoms with E-state index < -0.39 is 8.07 Å². The minimum atomic E-state index is -0.844. The van der Waals surface area contributed by atoms with Crippen molar-refractivity contribution in [1.29, 1.82) is 0 Å². The van der Waals surface area contributed by atoms with E-state index in [4.69, 9.17) is 0 Å². The van der Waals surface area contributed by atoms with Gasteiger partial charge in [0.05, 0.1) is 8.07 Å². The molecule has 1 aromatic carbocycles. The molecule has 14 heavy (non-hydrogen) atoms. The van der Waals surface area contributed by atoms with Gasteiger partial charge in [-0.25, -0.2) is 0 Å². The summed E-state index contributed by atoms with van der Waals surface area (Å²) in [6.07, 6.45) is 4.09. The average Bonchev–Trinajstić information content (AvgIpc) is 2.18. The standard InChI is InChI=1S/C13H18Si/c1-14-5-2-11-8-12(3-6-14)10-13(9-11)4-7-14/h8-10H,2-7H2,1H3. The third kappa shape index (κ3) is 1.44. The van der Waals surface area contributed by atoms with Crippen molar-refractivity contribution < 1.29 is 0 Å². The van der Waals surface area contributed by atoms with E-state index in [0.29, 0.717) is 0 Å². The quantitative estimate of drug-likeness (QED) is 0.566. The molecule has 0 saturated carbocycles. The first kappa shape index (κ1) is 8.72. The van der Waals surface area contributed by atoms with Crippen LogP contribution in [0.5, 0.6) is 0 Å². The lowest BCUT2D eigenvalue weighted by atomic mass is 10.0. The molecule has 4 bridgehead atoms. The van der Waals surface area contributed by atoms with Gasteiger partial charge in [0.15, 0.2) is 0 Å². The third-order valence-corrected chi connectivity index (χ3v) is 8.54. The SMILES string of the molecule is C[Si]12CCc3cc(cc(c3)CC1)CC2. The summed E-state index contributed by atoms with van der Waals surface area (Å²) < 4.78 is 0. The molecule has 0 unspecified atom stereocenters. The molecule has 0 saturated heterocycles. The molecular formula is C13H18Si. The van der Waals surface area contributed by atoms with Gasteiger partial charge in [-0.15, -0.1) is 0 Å². The van der Waals surface area contributed by atoms with Crippen molar-refractivity contribution in [3.05, 3.63) is 34.9 Å². The number of hydrogen-bond acceptors (Lipinski definition) is 0. The number of benzene rings is 1. The van der Waals surface area contributed by atoms with Gasteiger partial charge >= 0.3 is 0 Å². The number of hydrogen-bond donors (Lipinski definition) is 0. The molecule has 3 aliphatic rings. The average molecular weight is 202 g/mol. The maximum Gasteiger partial charge on any atom is 0.0514 e. The summed E-state index contributed by atoms with van der Waals surface area (Å²) in [5, 5.41) is 0. The van der Waals surface area contributed by atoms with Gasteiger partial charge in [0, 0.05) is 0 Å². The Morgan fingerprint density at radius 3 is 1.50 bits per heavy atom. The molecule has 1 aromatic rings. The highest BCUT2D eigenvalue weighted by molar-refractivity contribution is 6.78. The second-order valence-electron chi connectivity index (χ2n) is 5.47. The van der Waals surface area contributed by atoms with E-state index in [-0.39, 0.29) is 0 Å². The second kappa shape index (κ2) is 2.96. The van der Waals surface area contributed by atoms with Gasteiger partial charge in [-0.1, -0.05) is 42.9 Å². The summed E-state index contributed by atoms with van der Waals surface area (Å²) in [6.45, 7) is 2.63. The van der Waals surface area contributed by atoms with Crippen molar-refractivity contribution in [3.63, 3.8) is 0 Å². The van der Waals surface area contributed by atoms with Crippen molar-refractivity contribution in [2.75, 3.05) is 0 Å². The van der Waals surface area contributed by atoms with Crippen molar-refractivity contribution in [2.24, 2.45) is 0 Å². The van der Waals surface area contributed by atoms with Crippen LogP contribution in [0.4, 0.5) is 0 Å². The van der Waals surface area contributed by atoms with Crippen LogP contribution in [0.2, 0.25) is 24.7 Å². The lowest BCUT2D eigenvalue weighted by molar-refractivity contribution is 0.908. The normalized spacial score (nSPS) is 22.9. The molecule has 0 nitrogen and oxygen atoms in total. The van der Waals surface area contributed by atoms with Gasteiger partial charge in [0.1, 0.15) is 0 Å². The monoisotopic (exact) mass is 202 g/mol. The fourth-order valence-electron chi connectivity index (χ4n) is 2.99. The second-order valence-corrected chi connectivity index (χ2v) is 10.6. The van der Waals surface area contributed by atoms with E-state index in [9.17, 15) is 0 Å². The molecule has 0 atom stereocenters. The molecule has 0 radical (unpaired) electrons. The Morgan fingerprint density at radius 1 is 0.786 bits per heavy atom. The number of aryl methyl sites for hydroxylation is 3. The van der Waals surface area contributed by atoms with Crippen LogP contribution in [0.15, 0.2) is 18.2 Å². The zero-order chi connectivity index (χ0) is 9.60. The van der Waals surface area contributed by atoms with Crippen LogP contribution in [0.1, 0.15) is 16.7 Å². The van der Waals surface area contributed by atoms with Crippen LogP contribution in [0.3, 0.4) is 0 Å². The molecule has 3 aliphatic heterocycles. The maximum atomic E-state index is 2.63. The molecule has 74 valence electrons. The van der Waals surface area contributed by atoms with Crippen molar-refractivity contribution in [2.45, 2.75) is 43.9 Å². The number of rotatable bonds is 0. The fraction of sp³-hybridized carbons (Fsp3) is 0.538. The molecule has 0 fully saturated rings. The van der Waals surface area contributed by atoms with E-state index >= 15 is 0 Å². The van der Waals surface area contributed by atoms with Crippen molar-refractivity contribution in [1.82, 2.24) is 0 Å². The Labute approximate surface area is 87.4 Å². The Bertz CT molecular complexity index is 300. The lowest BCUT2D eigenvalue weighted by Crippen LogP contribution is -2.34. The first-order valence-electron chi connectivity index (χ1n) is 5.85. The summed E-state index contributed by atoms with van der Waals surface area (Å²) in [4.78, 5) is 0. The molecule has 0 spiro atoms. The van der Waals surface area contributed by atoms with Crippen LogP contribution in [0.25, 0.3) is 0 Å². The Kier molecular flexibility index (Phi) is 1.85. The molecule has 0 aliphatic carbocycles. The summed E-state index contributed by atoms with van der Waals surface area (Å²) in [5.74, 6) is 0. The molecule has 3 heterocycles. The van der Waals surface area contributed by atoms with Gasteiger partial charge < -0.3 is 0 Å². The first-order chi connectivity index (χ1) is 6.73. The van der Waals surface area contributed by atoms with Gasteiger partial charge in [0.25, 0.3) is 0 Å². The van der Waals surface area contributed by atoms with Crippen LogP contribution in [-0.4, -0.2) is 8.07 Å². The highest BCUT2D eigenvalue weighted by Crippen LogP contribution is 2.33. The van der Waals surface area contributed by atoms with E-state index in [0.717, 1.165) is 0 Å². The fourth-order valence-corrected chi connectivity index (χ4v) is 6.41. The number of fused-ring (bicyclic) bond motifs is 3. The highest BCUT2D eigenvalue weighted by Gasteiger charge is 2.29. The largest absolute Gasteiger partial charge is 0.0691 e. The van der Waals surface area contributed by atoms with Crippen LogP contribution >= 0.6 is 0 Å². The van der Waals surface area contributed by atoms with Crippen LogP contribution < -0.4 is 0 Å². The maximum absolute atomic E-state index is 2.63. The molecule has 0 amide bonds. The van der Waals surface area contributed by atoms with Crippen molar-refractivity contribution >= 4 is 8.07 Å². The minimum absolute atomic E-state index is 0.844. The zero-order valence-electron chi connectivity index (χ0n) is 8.97.